The van der Waals surface area contributed by atoms with Crippen LogP contribution in [0.2, 0.25) is 0 Å². The number of carbonyl (C=O) groups is 1. The third-order valence-corrected chi connectivity index (χ3v) is 12.1. The molecule has 3 unspecified atom stereocenters. The van der Waals surface area contributed by atoms with E-state index in [4.69, 9.17) is 9.05 Å². The number of hydrogen-bond acceptors (Lipinski definition) is 6. The second-order valence-corrected chi connectivity index (χ2v) is 19.2. The van der Waals surface area contributed by atoms with Gasteiger partial charge in [0, 0.05) is 6.42 Å². The zero-order valence-corrected chi connectivity index (χ0v) is 38.3. The van der Waals surface area contributed by atoms with Crippen LogP contribution >= 0.6 is 7.82 Å². The summed E-state index contributed by atoms with van der Waals surface area (Å²) in [6, 6.07) is -0.791. The molecule has 2 N–H and O–H groups in total. The molecule has 0 aromatic rings. The number of hydrogen-bond donors (Lipinski definition) is 2. The molecule has 330 valence electrons. The van der Waals surface area contributed by atoms with Gasteiger partial charge < -0.3 is 28.8 Å². The summed E-state index contributed by atoms with van der Waals surface area (Å²) in [7, 11) is 1.32. The lowest BCUT2D eigenvalue weighted by molar-refractivity contribution is -0.870. The van der Waals surface area contributed by atoms with Crippen molar-refractivity contribution in [1.82, 2.24) is 5.32 Å². The molecule has 55 heavy (non-hydrogen) atoms. The molecule has 3 atom stereocenters. The molecule has 0 radical (unpaired) electrons. The number of aliphatic hydroxyl groups excluding tert-OH is 1. The Balaban J connectivity index is 4.06. The summed E-state index contributed by atoms with van der Waals surface area (Å²) >= 11 is 0. The summed E-state index contributed by atoms with van der Waals surface area (Å²) in [6.45, 7) is 4.72. The van der Waals surface area contributed by atoms with Gasteiger partial charge in [0.05, 0.1) is 39.9 Å². The van der Waals surface area contributed by atoms with Crippen LogP contribution in [0.1, 0.15) is 239 Å². The van der Waals surface area contributed by atoms with E-state index in [1.165, 1.54) is 173 Å². The van der Waals surface area contributed by atoms with Gasteiger partial charge in [-0.2, -0.15) is 0 Å². The minimum Gasteiger partial charge on any atom is -0.756 e. The Morgan fingerprint density at radius 2 is 0.891 bits per heavy atom. The quantitative estimate of drug-likeness (QED) is 0.0361. The van der Waals surface area contributed by atoms with E-state index in [1.807, 2.05) is 21.1 Å². The number of nitrogens with one attached hydrogen (secondary N) is 1. The monoisotopic (exact) mass is 803 g/mol. The lowest BCUT2D eigenvalue weighted by atomic mass is 10.0. The minimum absolute atomic E-state index is 0.0157. The van der Waals surface area contributed by atoms with Crippen LogP contribution in [0, 0.1) is 0 Å². The molecule has 0 heterocycles. The van der Waals surface area contributed by atoms with Gasteiger partial charge in [-0.3, -0.25) is 9.36 Å². The first kappa shape index (κ1) is 54.5. The Morgan fingerprint density at radius 3 is 1.24 bits per heavy atom. The third-order valence-electron chi connectivity index (χ3n) is 11.1. The highest BCUT2D eigenvalue weighted by atomic mass is 31.2. The number of quaternary nitrogens is 1. The van der Waals surface area contributed by atoms with E-state index in [0.29, 0.717) is 23.9 Å². The largest absolute Gasteiger partial charge is 0.756 e. The molecule has 0 saturated heterocycles. The minimum atomic E-state index is -4.55. The van der Waals surface area contributed by atoms with Crippen molar-refractivity contribution in [3.05, 3.63) is 0 Å². The van der Waals surface area contributed by atoms with Crippen LogP contribution in [0.5, 0.6) is 0 Å². The van der Waals surface area contributed by atoms with E-state index in [0.717, 1.165) is 38.5 Å². The van der Waals surface area contributed by atoms with Crippen molar-refractivity contribution in [2.75, 3.05) is 40.9 Å². The van der Waals surface area contributed by atoms with Gasteiger partial charge in [-0.1, -0.05) is 219 Å². The van der Waals surface area contributed by atoms with Gasteiger partial charge >= 0.3 is 0 Å². The van der Waals surface area contributed by atoms with E-state index in [-0.39, 0.29) is 19.1 Å². The fourth-order valence-electron chi connectivity index (χ4n) is 7.28. The molecule has 0 fully saturated rings. The second kappa shape index (κ2) is 39.0. The smallest absolute Gasteiger partial charge is 0.268 e. The number of aliphatic hydroxyl groups is 1. The summed E-state index contributed by atoms with van der Waals surface area (Å²) in [4.78, 5) is 25.3. The van der Waals surface area contributed by atoms with Gasteiger partial charge in [0.25, 0.3) is 7.82 Å². The average molecular weight is 803 g/mol. The molecule has 0 rings (SSSR count). The van der Waals surface area contributed by atoms with Crippen LogP contribution in [0.3, 0.4) is 0 Å². The number of likely N-dealkylation sites (N-methyl/N-ethyl adjacent to an activating group) is 1. The fraction of sp³-hybridized carbons (Fsp3) is 0.978. The summed E-state index contributed by atoms with van der Waals surface area (Å²) < 4.78 is 23.2. The van der Waals surface area contributed by atoms with Crippen molar-refractivity contribution in [3.8, 4) is 0 Å². The first-order chi connectivity index (χ1) is 26.5. The van der Waals surface area contributed by atoms with Crippen molar-refractivity contribution in [2.45, 2.75) is 251 Å². The maximum absolute atomic E-state index is 12.9. The molecular weight excluding hydrogens is 707 g/mol. The molecule has 8 nitrogen and oxygen atoms in total. The summed E-state index contributed by atoms with van der Waals surface area (Å²) in [5.74, 6) is -0.162. The number of nitrogens with zero attached hydrogens (tertiary/aromatic N) is 1. The molecule has 0 aliphatic rings. The second-order valence-electron chi connectivity index (χ2n) is 17.8. The van der Waals surface area contributed by atoms with Crippen molar-refractivity contribution in [1.29, 1.82) is 0 Å². The summed E-state index contributed by atoms with van der Waals surface area (Å²) in [5.41, 5.74) is 0. The lowest BCUT2D eigenvalue weighted by Gasteiger charge is -2.30. The van der Waals surface area contributed by atoms with Gasteiger partial charge in [0.15, 0.2) is 0 Å². The van der Waals surface area contributed by atoms with E-state index in [2.05, 4.69) is 19.2 Å². The number of amides is 1. The SMILES string of the molecule is CCCCCCCCCCCCCCCCCCCCCCCCCCC(=O)NC(COP(=O)([O-])OCC[N+](C)(C)C)C(O)CCCCCCCCCCC. The van der Waals surface area contributed by atoms with Crippen LogP contribution in [0.4, 0.5) is 0 Å². The van der Waals surface area contributed by atoms with E-state index < -0.39 is 20.0 Å². The molecule has 0 bridgehead atoms. The predicted molar refractivity (Wildman–Crippen MR) is 233 cm³/mol. The maximum Gasteiger partial charge on any atom is 0.268 e. The molecule has 0 aromatic heterocycles. The first-order valence-electron chi connectivity index (χ1n) is 23.9. The average Bonchev–Trinajstić information content (AvgIpc) is 3.13. The zero-order chi connectivity index (χ0) is 40.7. The van der Waals surface area contributed by atoms with Crippen molar-refractivity contribution in [3.63, 3.8) is 0 Å². The molecular formula is C46H95N2O6P. The molecule has 9 heteroatoms. The molecule has 0 aromatic carbocycles. The van der Waals surface area contributed by atoms with Crippen LogP contribution in [0.15, 0.2) is 0 Å². The summed E-state index contributed by atoms with van der Waals surface area (Å²) in [6.07, 6.45) is 42.7. The zero-order valence-electron chi connectivity index (χ0n) is 37.4. The highest BCUT2D eigenvalue weighted by Crippen LogP contribution is 2.38. The van der Waals surface area contributed by atoms with E-state index in [1.54, 1.807) is 0 Å². The molecule has 0 saturated carbocycles. The Hall–Kier alpha value is -0.500. The standard InChI is InChI=1S/C46H95N2O6P/c1-6-8-10-12-14-16-17-18-19-20-21-22-23-24-25-26-27-28-29-30-32-34-36-38-40-46(50)47-44(43-54-55(51,52)53-42-41-48(3,4)5)45(49)39-37-35-33-31-15-13-11-9-7-2/h44-45,49H,6-43H2,1-5H3,(H-,47,50,51,52). The number of rotatable bonds is 44. The van der Waals surface area contributed by atoms with Gasteiger partial charge in [-0.15, -0.1) is 0 Å². The topological polar surface area (TPSA) is 108 Å². The van der Waals surface area contributed by atoms with Crippen molar-refractivity contribution >= 4 is 13.7 Å². The maximum atomic E-state index is 12.9. The van der Waals surface area contributed by atoms with Gasteiger partial charge in [0.2, 0.25) is 5.91 Å². The molecule has 0 aliphatic carbocycles. The van der Waals surface area contributed by atoms with Crippen LogP contribution in [-0.4, -0.2) is 68.5 Å². The number of phosphoric acid groups is 1. The molecule has 1 amide bonds. The molecule has 0 aliphatic heterocycles. The van der Waals surface area contributed by atoms with Crippen molar-refractivity contribution < 1.29 is 32.9 Å². The van der Waals surface area contributed by atoms with Gasteiger partial charge in [-0.05, 0) is 12.8 Å². The number of carbonyl (C=O) groups excluding carboxylic acids is 1. The normalized spacial score (nSPS) is 14.2. The number of unbranched alkanes of at least 4 members (excludes halogenated alkanes) is 31. The van der Waals surface area contributed by atoms with Crippen LogP contribution < -0.4 is 10.2 Å². The Bertz CT molecular complexity index is 870. The lowest BCUT2D eigenvalue weighted by Crippen LogP contribution is -2.46. The van der Waals surface area contributed by atoms with Gasteiger partial charge in [0.1, 0.15) is 13.2 Å². The third kappa shape index (κ3) is 41.5. The van der Waals surface area contributed by atoms with Gasteiger partial charge in [-0.25, -0.2) is 0 Å². The molecule has 0 spiro atoms. The highest BCUT2D eigenvalue weighted by molar-refractivity contribution is 7.45. The van der Waals surface area contributed by atoms with Crippen LogP contribution in [0.25, 0.3) is 0 Å². The number of phosphoric ester groups is 1. The van der Waals surface area contributed by atoms with Crippen molar-refractivity contribution in [2.24, 2.45) is 0 Å². The fourth-order valence-corrected chi connectivity index (χ4v) is 8.00. The Morgan fingerprint density at radius 1 is 0.564 bits per heavy atom. The van der Waals surface area contributed by atoms with E-state index >= 15 is 0 Å². The first-order valence-corrected chi connectivity index (χ1v) is 25.3. The Labute approximate surface area is 342 Å². The Kier molecular flexibility index (Phi) is 38.6. The van der Waals surface area contributed by atoms with Crippen LogP contribution in [-0.2, 0) is 18.4 Å². The van der Waals surface area contributed by atoms with E-state index in [9.17, 15) is 19.4 Å². The predicted octanol–water partition coefficient (Wildman–Crippen LogP) is 12.7. The summed E-state index contributed by atoms with van der Waals surface area (Å²) in [5, 5.41) is 13.9. The highest BCUT2D eigenvalue weighted by Gasteiger charge is 2.24.